The summed E-state index contributed by atoms with van der Waals surface area (Å²) in [6, 6.07) is 0. The minimum atomic E-state index is -0.678. The van der Waals surface area contributed by atoms with Crippen LogP contribution in [0.5, 0.6) is 0 Å². The number of carbonyl (C=O) groups is 2. The van der Waals surface area contributed by atoms with Crippen LogP contribution in [0.15, 0.2) is 0 Å². The third-order valence-corrected chi connectivity index (χ3v) is 2.59. The Kier molecular flexibility index (Phi) is 3.68. The van der Waals surface area contributed by atoms with Crippen LogP contribution < -0.4 is 11.1 Å². The van der Waals surface area contributed by atoms with Crippen molar-refractivity contribution in [2.45, 2.75) is 32.2 Å². The fourth-order valence-corrected chi connectivity index (χ4v) is 1.42. The lowest BCUT2D eigenvalue weighted by atomic mass is 10.2. The molecule has 1 saturated carbocycles. The first kappa shape index (κ1) is 12.0. The van der Waals surface area contributed by atoms with Crippen LogP contribution in [0.25, 0.3) is 0 Å². The monoisotopic (exact) mass is 213 g/mol. The van der Waals surface area contributed by atoms with Gasteiger partial charge in [0.25, 0.3) is 0 Å². The first-order valence-electron chi connectivity index (χ1n) is 5.38. The van der Waals surface area contributed by atoms with Gasteiger partial charge in [-0.15, -0.1) is 0 Å². The van der Waals surface area contributed by atoms with Gasteiger partial charge >= 0.3 is 0 Å². The molecule has 2 amide bonds. The zero-order chi connectivity index (χ0) is 11.5. The van der Waals surface area contributed by atoms with E-state index in [0.29, 0.717) is 13.1 Å². The van der Waals surface area contributed by atoms with E-state index in [-0.39, 0.29) is 18.4 Å². The molecule has 0 heterocycles. The molecule has 1 aliphatic rings. The molecule has 1 aliphatic carbocycles. The summed E-state index contributed by atoms with van der Waals surface area (Å²) in [7, 11) is 0. The summed E-state index contributed by atoms with van der Waals surface area (Å²) in [5.74, 6) is -0.229. The van der Waals surface area contributed by atoms with Gasteiger partial charge in [0.2, 0.25) is 11.8 Å². The quantitative estimate of drug-likeness (QED) is 0.644. The van der Waals surface area contributed by atoms with Gasteiger partial charge in [0, 0.05) is 13.1 Å². The highest BCUT2D eigenvalue weighted by Crippen LogP contribution is 2.33. The lowest BCUT2D eigenvalue weighted by Crippen LogP contribution is -2.49. The van der Waals surface area contributed by atoms with Crippen molar-refractivity contribution >= 4 is 11.8 Å². The van der Waals surface area contributed by atoms with Gasteiger partial charge in [-0.1, -0.05) is 0 Å². The second-order valence-electron chi connectivity index (χ2n) is 3.93. The number of nitrogens with two attached hydrogens (primary N) is 1. The molecule has 0 spiro atoms. The molecule has 0 saturated heterocycles. The SMILES string of the molecule is CCNC(=O)CN(CC)C(=O)C1(N)CC1. The van der Waals surface area contributed by atoms with E-state index in [9.17, 15) is 9.59 Å². The first-order chi connectivity index (χ1) is 7.03. The predicted octanol–water partition coefficient (Wildman–Crippen LogP) is -0.538. The Balaban J connectivity index is 2.48. The Labute approximate surface area is 90.0 Å². The van der Waals surface area contributed by atoms with E-state index in [1.807, 2.05) is 13.8 Å². The summed E-state index contributed by atoms with van der Waals surface area (Å²) < 4.78 is 0. The fraction of sp³-hybridized carbons (Fsp3) is 0.800. The Morgan fingerprint density at radius 2 is 2.00 bits per heavy atom. The van der Waals surface area contributed by atoms with E-state index in [2.05, 4.69) is 5.32 Å². The number of amides is 2. The summed E-state index contributed by atoms with van der Waals surface area (Å²) >= 11 is 0. The van der Waals surface area contributed by atoms with Gasteiger partial charge in [0.05, 0.1) is 12.1 Å². The molecule has 86 valence electrons. The van der Waals surface area contributed by atoms with Gasteiger partial charge in [0.15, 0.2) is 0 Å². The van der Waals surface area contributed by atoms with Crippen molar-refractivity contribution in [3.8, 4) is 0 Å². The summed E-state index contributed by atoms with van der Waals surface area (Å²) in [6.07, 6.45) is 1.47. The largest absolute Gasteiger partial charge is 0.355 e. The molecule has 0 aromatic heterocycles. The fourth-order valence-electron chi connectivity index (χ4n) is 1.42. The topological polar surface area (TPSA) is 75.4 Å². The maximum atomic E-state index is 11.8. The molecule has 1 fully saturated rings. The van der Waals surface area contributed by atoms with Crippen LogP contribution in [-0.2, 0) is 9.59 Å². The second kappa shape index (κ2) is 4.61. The number of likely N-dealkylation sites (N-methyl/N-ethyl adjacent to an activating group) is 2. The maximum Gasteiger partial charge on any atom is 0.243 e. The van der Waals surface area contributed by atoms with E-state index in [4.69, 9.17) is 5.73 Å². The Hall–Kier alpha value is -1.10. The third-order valence-electron chi connectivity index (χ3n) is 2.59. The minimum Gasteiger partial charge on any atom is -0.355 e. The standard InChI is InChI=1S/C10H19N3O2/c1-3-12-8(14)7-13(4-2)9(15)10(11)5-6-10/h3-7,11H2,1-2H3,(H,12,14). The molecular weight excluding hydrogens is 194 g/mol. The summed E-state index contributed by atoms with van der Waals surface area (Å²) in [6.45, 7) is 4.92. The van der Waals surface area contributed by atoms with Crippen LogP contribution in [0.2, 0.25) is 0 Å². The number of nitrogens with zero attached hydrogens (tertiary/aromatic N) is 1. The van der Waals surface area contributed by atoms with Gasteiger partial charge in [-0.3, -0.25) is 9.59 Å². The number of rotatable bonds is 5. The van der Waals surface area contributed by atoms with Crippen LogP contribution in [0, 0.1) is 0 Å². The van der Waals surface area contributed by atoms with Gasteiger partial charge in [-0.25, -0.2) is 0 Å². The van der Waals surface area contributed by atoms with Crippen molar-refractivity contribution < 1.29 is 9.59 Å². The van der Waals surface area contributed by atoms with Crippen molar-refractivity contribution in [1.82, 2.24) is 10.2 Å². The van der Waals surface area contributed by atoms with E-state index >= 15 is 0 Å². The summed E-state index contributed by atoms with van der Waals surface area (Å²) in [5, 5.41) is 2.66. The smallest absolute Gasteiger partial charge is 0.243 e. The average molecular weight is 213 g/mol. The molecular formula is C10H19N3O2. The normalized spacial score (nSPS) is 17.0. The van der Waals surface area contributed by atoms with Crippen LogP contribution in [0.1, 0.15) is 26.7 Å². The highest BCUT2D eigenvalue weighted by atomic mass is 16.2. The van der Waals surface area contributed by atoms with Crippen LogP contribution >= 0.6 is 0 Å². The summed E-state index contributed by atoms with van der Waals surface area (Å²) in [5.41, 5.74) is 5.12. The van der Waals surface area contributed by atoms with Crippen molar-refractivity contribution in [3.63, 3.8) is 0 Å². The Bertz CT molecular complexity index is 261. The molecule has 0 aliphatic heterocycles. The molecule has 5 heteroatoms. The highest BCUT2D eigenvalue weighted by Gasteiger charge is 2.48. The van der Waals surface area contributed by atoms with Crippen LogP contribution in [0.4, 0.5) is 0 Å². The van der Waals surface area contributed by atoms with E-state index < -0.39 is 5.54 Å². The molecule has 0 atom stereocenters. The molecule has 3 N–H and O–H groups in total. The molecule has 0 aromatic rings. The van der Waals surface area contributed by atoms with Crippen molar-refractivity contribution in [3.05, 3.63) is 0 Å². The molecule has 15 heavy (non-hydrogen) atoms. The van der Waals surface area contributed by atoms with Crippen molar-refractivity contribution in [2.24, 2.45) is 5.73 Å². The zero-order valence-electron chi connectivity index (χ0n) is 9.38. The van der Waals surface area contributed by atoms with Gasteiger partial charge < -0.3 is 16.0 Å². The molecule has 5 nitrogen and oxygen atoms in total. The Morgan fingerprint density at radius 3 is 2.40 bits per heavy atom. The average Bonchev–Trinajstić information content (AvgIpc) is 2.93. The Morgan fingerprint density at radius 1 is 1.40 bits per heavy atom. The predicted molar refractivity (Wildman–Crippen MR) is 57.1 cm³/mol. The maximum absolute atomic E-state index is 11.8. The highest BCUT2D eigenvalue weighted by molar-refractivity contribution is 5.92. The summed E-state index contributed by atoms with van der Waals surface area (Å²) in [4.78, 5) is 24.6. The molecule has 0 unspecified atom stereocenters. The minimum absolute atomic E-state index is 0.101. The van der Waals surface area contributed by atoms with Gasteiger partial charge in [0.1, 0.15) is 0 Å². The molecule has 0 bridgehead atoms. The molecule has 0 radical (unpaired) electrons. The van der Waals surface area contributed by atoms with Crippen LogP contribution in [0.3, 0.4) is 0 Å². The van der Waals surface area contributed by atoms with Gasteiger partial charge in [-0.05, 0) is 26.7 Å². The lowest BCUT2D eigenvalue weighted by molar-refractivity contribution is -0.137. The van der Waals surface area contributed by atoms with Crippen molar-refractivity contribution in [2.75, 3.05) is 19.6 Å². The molecule has 1 rings (SSSR count). The number of nitrogens with one attached hydrogen (secondary N) is 1. The van der Waals surface area contributed by atoms with Crippen LogP contribution in [-0.4, -0.2) is 41.9 Å². The van der Waals surface area contributed by atoms with E-state index in [1.54, 1.807) is 0 Å². The van der Waals surface area contributed by atoms with E-state index in [0.717, 1.165) is 12.8 Å². The number of hydrogen-bond acceptors (Lipinski definition) is 3. The third kappa shape index (κ3) is 2.92. The number of carbonyl (C=O) groups excluding carboxylic acids is 2. The first-order valence-corrected chi connectivity index (χ1v) is 5.38. The van der Waals surface area contributed by atoms with E-state index in [1.165, 1.54) is 4.90 Å². The second-order valence-corrected chi connectivity index (χ2v) is 3.93. The van der Waals surface area contributed by atoms with Gasteiger partial charge in [-0.2, -0.15) is 0 Å². The number of hydrogen-bond donors (Lipinski definition) is 2. The lowest BCUT2D eigenvalue weighted by Gasteiger charge is -2.23. The zero-order valence-corrected chi connectivity index (χ0v) is 9.38. The molecule has 0 aromatic carbocycles. The van der Waals surface area contributed by atoms with Crippen molar-refractivity contribution in [1.29, 1.82) is 0 Å².